The molecule has 0 spiro atoms. The Morgan fingerprint density at radius 3 is 2.38 bits per heavy atom. The molecular weight excluding hydrogens is 268 g/mol. The zero-order valence-corrected chi connectivity index (χ0v) is 12.4. The van der Waals surface area contributed by atoms with Crippen molar-refractivity contribution in [2.24, 2.45) is 0 Å². The summed E-state index contributed by atoms with van der Waals surface area (Å²) >= 11 is 0. The number of rotatable bonds is 5. The largest absolute Gasteiger partial charge is 0.378 e. The molecule has 0 radical (unpaired) electrons. The molecule has 2 N–H and O–H groups in total. The Labute approximate surface area is 128 Å². The number of hydrogen-bond acceptors (Lipinski definition) is 4. The van der Waals surface area contributed by atoms with E-state index < -0.39 is 5.79 Å². The van der Waals surface area contributed by atoms with Crippen molar-refractivity contribution < 1.29 is 19.7 Å². The molecule has 0 bridgehead atoms. The van der Waals surface area contributed by atoms with Gasteiger partial charge in [0.2, 0.25) is 0 Å². The summed E-state index contributed by atoms with van der Waals surface area (Å²) in [6.45, 7) is 5.05. The number of aliphatic hydroxyl groups is 2. The average molecular weight is 298 g/mol. The van der Waals surface area contributed by atoms with Gasteiger partial charge < -0.3 is 19.7 Å². The lowest BCUT2D eigenvalue weighted by molar-refractivity contribution is -0.127. The molecule has 1 heterocycles. The molecule has 1 saturated heterocycles. The molecule has 1 aliphatic heterocycles. The first-order chi connectivity index (χ1) is 9.45. The maximum Gasteiger partial charge on any atom is 0.156 e. The van der Waals surface area contributed by atoms with Gasteiger partial charge in [0.1, 0.15) is 0 Å². The third kappa shape index (κ3) is 12.5. The fraction of sp³-hybridized carbons (Fsp3) is 0.647. The van der Waals surface area contributed by atoms with E-state index in [2.05, 4.69) is 12.1 Å². The van der Waals surface area contributed by atoms with Gasteiger partial charge in [-0.05, 0) is 38.7 Å². The Balaban J connectivity index is 0.000000583. The van der Waals surface area contributed by atoms with Crippen LogP contribution in [0, 0.1) is 0 Å². The summed E-state index contributed by atoms with van der Waals surface area (Å²) in [5.74, 6) is -1.50. The summed E-state index contributed by atoms with van der Waals surface area (Å²) in [7, 11) is 0. The summed E-state index contributed by atoms with van der Waals surface area (Å²) in [6.07, 6.45) is 3.89. The van der Waals surface area contributed by atoms with Crippen molar-refractivity contribution in [1.82, 2.24) is 0 Å². The van der Waals surface area contributed by atoms with Gasteiger partial charge in [0.05, 0.1) is 12.7 Å². The van der Waals surface area contributed by atoms with Gasteiger partial charge in [0.25, 0.3) is 0 Å². The molecule has 1 aromatic rings. The number of ether oxygens (including phenoxy) is 2. The first-order valence-electron chi connectivity index (χ1n) is 7.13. The van der Waals surface area contributed by atoms with Gasteiger partial charge in [0.15, 0.2) is 5.79 Å². The predicted octanol–water partition coefficient (Wildman–Crippen LogP) is 3.12. The summed E-state index contributed by atoms with van der Waals surface area (Å²) < 4.78 is 11.1. The standard InChI is InChI=1S/C13H18O2.C3H8O2.CH4/c1-2-5-12(6-3-1)11-14-10-8-13-7-4-9-15-13;1-3(2,4)5;/h1-3,5-6,13H,4,7-11H2;4-5H,1-2H3;1H4. The van der Waals surface area contributed by atoms with Gasteiger partial charge in [-0.2, -0.15) is 0 Å². The highest BCUT2D eigenvalue weighted by Crippen LogP contribution is 2.15. The van der Waals surface area contributed by atoms with Crippen molar-refractivity contribution in [3.63, 3.8) is 0 Å². The lowest BCUT2D eigenvalue weighted by Gasteiger charge is -2.09. The van der Waals surface area contributed by atoms with Crippen LogP contribution in [0.25, 0.3) is 0 Å². The zero-order valence-electron chi connectivity index (χ0n) is 12.4. The maximum absolute atomic E-state index is 8.08. The second-order valence-corrected chi connectivity index (χ2v) is 5.46. The van der Waals surface area contributed by atoms with E-state index in [0.717, 1.165) is 19.6 Å². The van der Waals surface area contributed by atoms with Crippen LogP contribution >= 0.6 is 0 Å². The monoisotopic (exact) mass is 298 g/mol. The molecule has 0 aromatic heterocycles. The molecule has 0 amide bonds. The second-order valence-electron chi connectivity index (χ2n) is 5.46. The van der Waals surface area contributed by atoms with Gasteiger partial charge in [-0.25, -0.2) is 0 Å². The minimum atomic E-state index is -1.50. The molecular formula is C17H30O4. The van der Waals surface area contributed by atoms with E-state index in [9.17, 15) is 0 Å². The van der Waals surface area contributed by atoms with Crippen LogP contribution in [0.15, 0.2) is 30.3 Å². The summed E-state index contributed by atoms with van der Waals surface area (Å²) in [4.78, 5) is 0. The minimum absolute atomic E-state index is 0. The van der Waals surface area contributed by atoms with Crippen LogP contribution in [0.2, 0.25) is 0 Å². The molecule has 4 nitrogen and oxygen atoms in total. The lowest BCUT2D eigenvalue weighted by atomic mass is 10.2. The lowest BCUT2D eigenvalue weighted by Crippen LogP contribution is -2.15. The second kappa shape index (κ2) is 10.7. The number of hydrogen-bond donors (Lipinski definition) is 2. The van der Waals surface area contributed by atoms with Gasteiger partial charge in [-0.1, -0.05) is 37.8 Å². The average Bonchev–Trinajstić information content (AvgIpc) is 2.87. The quantitative estimate of drug-likeness (QED) is 0.648. The van der Waals surface area contributed by atoms with Crippen molar-refractivity contribution in [2.45, 2.75) is 59.0 Å². The van der Waals surface area contributed by atoms with E-state index in [1.54, 1.807) is 0 Å². The highest BCUT2D eigenvalue weighted by Gasteiger charge is 2.14. The summed E-state index contributed by atoms with van der Waals surface area (Å²) in [6, 6.07) is 10.3. The Morgan fingerprint density at radius 1 is 1.24 bits per heavy atom. The van der Waals surface area contributed by atoms with E-state index in [1.807, 2.05) is 18.2 Å². The molecule has 1 aliphatic rings. The minimum Gasteiger partial charge on any atom is -0.378 e. The van der Waals surface area contributed by atoms with Crippen molar-refractivity contribution in [3.05, 3.63) is 35.9 Å². The fourth-order valence-electron chi connectivity index (χ4n) is 1.85. The molecule has 21 heavy (non-hydrogen) atoms. The Morgan fingerprint density at radius 2 is 1.86 bits per heavy atom. The van der Waals surface area contributed by atoms with E-state index >= 15 is 0 Å². The molecule has 122 valence electrons. The van der Waals surface area contributed by atoms with Crippen molar-refractivity contribution in [3.8, 4) is 0 Å². The van der Waals surface area contributed by atoms with Crippen LogP contribution in [-0.2, 0) is 16.1 Å². The van der Waals surface area contributed by atoms with Gasteiger partial charge >= 0.3 is 0 Å². The zero-order chi connectivity index (χ0) is 14.8. The summed E-state index contributed by atoms with van der Waals surface area (Å²) in [5, 5.41) is 16.2. The van der Waals surface area contributed by atoms with Crippen LogP contribution in [-0.4, -0.2) is 35.3 Å². The molecule has 1 fully saturated rings. The van der Waals surface area contributed by atoms with Crippen LogP contribution in [0.5, 0.6) is 0 Å². The van der Waals surface area contributed by atoms with E-state index in [0.29, 0.717) is 12.7 Å². The third-order valence-corrected chi connectivity index (χ3v) is 2.72. The molecule has 1 atom stereocenters. The van der Waals surface area contributed by atoms with Crippen LogP contribution in [0.4, 0.5) is 0 Å². The van der Waals surface area contributed by atoms with Crippen molar-refractivity contribution in [1.29, 1.82) is 0 Å². The highest BCUT2D eigenvalue weighted by molar-refractivity contribution is 5.13. The molecule has 4 heteroatoms. The fourth-order valence-corrected chi connectivity index (χ4v) is 1.85. The van der Waals surface area contributed by atoms with Gasteiger partial charge in [-0.3, -0.25) is 0 Å². The normalized spacial score (nSPS) is 17.6. The van der Waals surface area contributed by atoms with Crippen LogP contribution in [0.1, 0.15) is 46.1 Å². The molecule has 1 unspecified atom stereocenters. The molecule has 2 rings (SSSR count). The van der Waals surface area contributed by atoms with Crippen LogP contribution in [0.3, 0.4) is 0 Å². The Bertz CT molecular complexity index is 334. The van der Waals surface area contributed by atoms with E-state index in [4.69, 9.17) is 19.7 Å². The van der Waals surface area contributed by atoms with Crippen molar-refractivity contribution >= 4 is 0 Å². The maximum atomic E-state index is 8.08. The van der Waals surface area contributed by atoms with Gasteiger partial charge in [-0.15, -0.1) is 0 Å². The van der Waals surface area contributed by atoms with E-state index in [1.165, 1.54) is 32.3 Å². The SMILES string of the molecule is C.CC(C)(O)O.c1ccc(COCCC2CCCO2)cc1. The molecule has 0 saturated carbocycles. The predicted molar refractivity (Wildman–Crippen MR) is 84.9 cm³/mol. The third-order valence-electron chi connectivity index (χ3n) is 2.72. The summed E-state index contributed by atoms with van der Waals surface area (Å²) in [5.41, 5.74) is 1.24. The molecule has 0 aliphatic carbocycles. The molecule has 1 aromatic carbocycles. The van der Waals surface area contributed by atoms with Gasteiger partial charge in [0, 0.05) is 13.2 Å². The van der Waals surface area contributed by atoms with Crippen molar-refractivity contribution in [2.75, 3.05) is 13.2 Å². The highest BCUT2D eigenvalue weighted by atomic mass is 16.5. The first kappa shape index (κ1) is 20.1. The Kier molecular flexibility index (Phi) is 10.3. The van der Waals surface area contributed by atoms with Crippen LogP contribution < -0.4 is 0 Å². The first-order valence-corrected chi connectivity index (χ1v) is 7.13. The topological polar surface area (TPSA) is 58.9 Å². The Hall–Kier alpha value is -0.940. The number of benzene rings is 1. The van der Waals surface area contributed by atoms with E-state index in [-0.39, 0.29) is 7.43 Å². The smallest absolute Gasteiger partial charge is 0.156 e.